The molecule has 1 saturated carbocycles. The molecule has 3 nitrogen and oxygen atoms in total. The number of nitrogens with one attached hydrogen (secondary N) is 1. The second-order valence-electron chi connectivity index (χ2n) is 6.41. The molecule has 1 aromatic rings. The van der Waals surface area contributed by atoms with Crippen molar-refractivity contribution in [2.75, 3.05) is 13.1 Å². The van der Waals surface area contributed by atoms with Crippen LogP contribution in [-0.2, 0) is 4.79 Å². The molecule has 1 aliphatic heterocycles. The van der Waals surface area contributed by atoms with Crippen LogP contribution in [0.5, 0.6) is 0 Å². The van der Waals surface area contributed by atoms with E-state index in [1.807, 2.05) is 6.92 Å². The summed E-state index contributed by atoms with van der Waals surface area (Å²) in [5.74, 6) is 0.158. The Morgan fingerprint density at radius 1 is 1.32 bits per heavy atom. The van der Waals surface area contributed by atoms with Crippen LogP contribution in [0.2, 0.25) is 5.02 Å². The first-order valence-corrected chi connectivity index (χ1v) is 8.42. The van der Waals surface area contributed by atoms with E-state index in [-0.39, 0.29) is 34.7 Å². The lowest BCUT2D eigenvalue weighted by Gasteiger charge is -2.36. The number of carbonyl (C=O) groups is 1. The van der Waals surface area contributed by atoms with Gasteiger partial charge in [-0.15, -0.1) is 0 Å². The third-order valence-electron chi connectivity index (χ3n) is 4.80. The molecular weight excluding hydrogens is 303 g/mol. The molecule has 2 aliphatic rings. The number of hydrogen-bond acceptors (Lipinski definition) is 2. The van der Waals surface area contributed by atoms with Gasteiger partial charge in [0.2, 0.25) is 5.91 Å². The molecule has 2 fully saturated rings. The van der Waals surface area contributed by atoms with Gasteiger partial charge in [-0.1, -0.05) is 23.7 Å². The Hall–Kier alpha value is -1.13. The number of amides is 1. The van der Waals surface area contributed by atoms with Crippen molar-refractivity contribution in [1.82, 2.24) is 10.2 Å². The molecule has 1 amide bonds. The molecule has 1 heterocycles. The van der Waals surface area contributed by atoms with Crippen LogP contribution in [0.25, 0.3) is 0 Å². The van der Waals surface area contributed by atoms with Gasteiger partial charge in [-0.05, 0) is 38.7 Å². The summed E-state index contributed by atoms with van der Waals surface area (Å²) in [7, 11) is 0. The van der Waals surface area contributed by atoms with Crippen LogP contribution in [0.15, 0.2) is 18.2 Å². The van der Waals surface area contributed by atoms with Crippen LogP contribution < -0.4 is 5.32 Å². The molecule has 0 spiro atoms. The zero-order chi connectivity index (χ0) is 15.7. The maximum absolute atomic E-state index is 14.1. The summed E-state index contributed by atoms with van der Waals surface area (Å²) in [6.45, 7) is 3.74. The van der Waals surface area contributed by atoms with E-state index < -0.39 is 0 Å². The summed E-state index contributed by atoms with van der Waals surface area (Å²) >= 11 is 5.87. The molecule has 22 heavy (non-hydrogen) atoms. The van der Waals surface area contributed by atoms with Crippen LogP contribution in [0.3, 0.4) is 0 Å². The predicted molar refractivity (Wildman–Crippen MR) is 85.3 cm³/mol. The first-order valence-electron chi connectivity index (χ1n) is 8.04. The summed E-state index contributed by atoms with van der Waals surface area (Å²) in [6, 6.07) is 5.43. The molecule has 3 rings (SSSR count). The third-order valence-corrected chi connectivity index (χ3v) is 5.10. The van der Waals surface area contributed by atoms with Crippen LogP contribution in [0.4, 0.5) is 4.39 Å². The third kappa shape index (κ3) is 3.44. The van der Waals surface area contributed by atoms with Gasteiger partial charge in [-0.2, -0.15) is 0 Å². The molecule has 1 unspecified atom stereocenters. The molecule has 0 aromatic heterocycles. The lowest BCUT2D eigenvalue weighted by molar-refractivity contribution is -0.123. The Kier molecular flexibility index (Phi) is 4.69. The van der Waals surface area contributed by atoms with Crippen molar-refractivity contribution in [3.63, 3.8) is 0 Å². The molecule has 1 atom stereocenters. The molecular formula is C17H22ClFN2O. The predicted octanol–water partition coefficient (Wildman–Crippen LogP) is 3.53. The molecule has 5 heteroatoms. The van der Waals surface area contributed by atoms with E-state index in [0.717, 1.165) is 38.8 Å². The number of hydrogen-bond donors (Lipinski definition) is 1. The fraction of sp³-hybridized carbons (Fsp3) is 0.588. The Balaban J connectivity index is 1.56. The van der Waals surface area contributed by atoms with Crippen molar-refractivity contribution in [3.8, 4) is 0 Å². The first kappa shape index (κ1) is 15.8. The van der Waals surface area contributed by atoms with Crippen molar-refractivity contribution < 1.29 is 9.18 Å². The molecule has 120 valence electrons. The van der Waals surface area contributed by atoms with E-state index in [0.29, 0.717) is 5.56 Å². The fourth-order valence-corrected chi connectivity index (χ4v) is 3.32. The number of halogens is 2. The Bertz CT molecular complexity index is 554. The van der Waals surface area contributed by atoms with E-state index in [1.54, 1.807) is 18.2 Å². The number of piperidine rings is 1. The maximum Gasteiger partial charge on any atom is 0.223 e. The highest BCUT2D eigenvalue weighted by Gasteiger charge is 2.32. The topological polar surface area (TPSA) is 32.3 Å². The summed E-state index contributed by atoms with van der Waals surface area (Å²) in [5, 5.41) is 3.32. The minimum atomic E-state index is -0.319. The Morgan fingerprint density at radius 2 is 2.00 bits per heavy atom. The highest BCUT2D eigenvalue weighted by atomic mass is 35.5. The van der Waals surface area contributed by atoms with Gasteiger partial charge in [0, 0.05) is 36.7 Å². The molecule has 1 aliphatic carbocycles. The summed E-state index contributed by atoms with van der Waals surface area (Å²) in [4.78, 5) is 14.1. The second-order valence-corrected chi connectivity index (χ2v) is 6.82. The molecule has 1 N–H and O–H groups in total. The van der Waals surface area contributed by atoms with E-state index >= 15 is 0 Å². The van der Waals surface area contributed by atoms with Gasteiger partial charge >= 0.3 is 0 Å². The van der Waals surface area contributed by atoms with Gasteiger partial charge in [0.1, 0.15) is 5.82 Å². The van der Waals surface area contributed by atoms with Crippen molar-refractivity contribution in [2.45, 2.75) is 44.7 Å². The van der Waals surface area contributed by atoms with Gasteiger partial charge < -0.3 is 5.32 Å². The fourth-order valence-electron chi connectivity index (χ4n) is 3.14. The number of rotatable bonds is 4. The Labute approximate surface area is 135 Å². The Morgan fingerprint density at radius 3 is 2.64 bits per heavy atom. The van der Waals surface area contributed by atoms with Gasteiger partial charge in [0.15, 0.2) is 0 Å². The van der Waals surface area contributed by atoms with E-state index in [4.69, 9.17) is 11.6 Å². The summed E-state index contributed by atoms with van der Waals surface area (Å²) < 4.78 is 14.1. The second kappa shape index (κ2) is 6.55. The average molecular weight is 325 g/mol. The van der Waals surface area contributed by atoms with Gasteiger partial charge in [-0.25, -0.2) is 4.39 Å². The van der Waals surface area contributed by atoms with Crippen molar-refractivity contribution in [1.29, 1.82) is 0 Å². The van der Waals surface area contributed by atoms with Crippen molar-refractivity contribution >= 4 is 17.5 Å². The van der Waals surface area contributed by atoms with Crippen LogP contribution in [0, 0.1) is 11.7 Å². The minimum Gasteiger partial charge on any atom is -0.353 e. The van der Waals surface area contributed by atoms with E-state index in [2.05, 4.69) is 10.2 Å². The van der Waals surface area contributed by atoms with Crippen LogP contribution >= 0.6 is 11.6 Å². The molecule has 0 radical (unpaired) electrons. The first-order chi connectivity index (χ1) is 10.6. The summed E-state index contributed by atoms with van der Waals surface area (Å²) in [6.07, 6.45) is 3.92. The lowest BCUT2D eigenvalue weighted by Crippen LogP contribution is -2.45. The van der Waals surface area contributed by atoms with Crippen LogP contribution in [0.1, 0.15) is 44.2 Å². The highest BCUT2D eigenvalue weighted by Crippen LogP contribution is 2.31. The minimum absolute atomic E-state index is 0.00113. The zero-order valence-electron chi connectivity index (χ0n) is 12.8. The molecule has 0 bridgehead atoms. The average Bonchev–Trinajstić information content (AvgIpc) is 3.35. The number of benzene rings is 1. The molecule has 1 saturated heterocycles. The SMILES string of the molecule is CC(c1cccc(Cl)c1F)N1CCC(NC(=O)C2CC2)CC1. The maximum atomic E-state index is 14.1. The van der Waals surface area contributed by atoms with E-state index in [1.165, 1.54) is 0 Å². The lowest BCUT2D eigenvalue weighted by atomic mass is 9.99. The standard InChI is InChI=1S/C17H22ClFN2O/c1-11(14-3-2-4-15(18)16(14)19)21-9-7-13(8-10-21)20-17(22)12-5-6-12/h2-4,11-13H,5-10H2,1H3,(H,20,22). The highest BCUT2D eigenvalue weighted by molar-refractivity contribution is 6.30. The smallest absolute Gasteiger partial charge is 0.223 e. The summed E-state index contributed by atoms with van der Waals surface area (Å²) in [5.41, 5.74) is 0.646. The monoisotopic (exact) mass is 324 g/mol. The van der Waals surface area contributed by atoms with Gasteiger partial charge in [0.05, 0.1) is 5.02 Å². The zero-order valence-corrected chi connectivity index (χ0v) is 13.6. The quantitative estimate of drug-likeness (QED) is 0.919. The van der Waals surface area contributed by atoms with Gasteiger partial charge in [0.25, 0.3) is 0 Å². The largest absolute Gasteiger partial charge is 0.353 e. The van der Waals surface area contributed by atoms with E-state index in [9.17, 15) is 9.18 Å². The molecule has 1 aromatic carbocycles. The normalized spacial score (nSPS) is 21.6. The number of likely N-dealkylation sites (tertiary alicyclic amines) is 1. The van der Waals surface area contributed by atoms with Crippen molar-refractivity contribution in [3.05, 3.63) is 34.6 Å². The van der Waals surface area contributed by atoms with Gasteiger partial charge in [-0.3, -0.25) is 9.69 Å². The van der Waals surface area contributed by atoms with Crippen LogP contribution in [-0.4, -0.2) is 29.9 Å². The number of carbonyl (C=O) groups excluding carboxylic acids is 1. The van der Waals surface area contributed by atoms with Crippen molar-refractivity contribution in [2.24, 2.45) is 5.92 Å². The number of nitrogens with zero attached hydrogens (tertiary/aromatic N) is 1.